The summed E-state index contributed by atoms with van der Waals surface area (Å²) in [5.74, 6) is -0.713. The van der Waals surface area contributed by atoms with E-state index in [-0.39, 0.29) is 39.8 Å². The first kappa shape index (κ1) is 24.6. The van der Waals surface area contributed by atoms with E-state index in [0.29, 0.717) is 5.69 Å². The van der Waals surface area contributed by atoms with Crippen LogP contribution in [0.15, 0.2) is 58.1 Å². The Balaban J connectivity index is 2.21. The summed E-state index contributed by atoms with van der Waals surface area (Å²) >= 11 is 0. The van der Waals surface area contributed by atoms with Crippen LogP contribution in [0.25, 0.3) is 5.69 Å². The van der Waals surface area contributed by atoms with Crippen molar-refractivity contribution in [3.8, 4) is 11.4 Å². The minimum absolute atomic E-state index is 0.0448. The van der Waals surface area contributed by atoms with Crippen LogP contribution < -0.4 is 21.8 Å². The fraction of sp³-hybridized carbons (Fsp3) is 0.320. The molecule has 1 amide bonds. The molecule has 0 aliphatic heterocycles. The number of phenolic OH excluding ortho intramolecular Hbond substituents is 1. The summed E-state index contributed by atoms with van der Waals surface area (Å²) in [6.07, 6.45) is 0. The largest absolute Gasteiger partial charge is 0.505 e. The van der Waals surface area contributed by atoms with Gasteiger partial charge >= 0.3 is 0 Å². The fourth-order valence-electron chi connectivity index (χ4n) is 3.18. The van der Waals surface area contributed by atoms with Gasteiger partial charge in [-0.05, 0) is 36.6 Å². The summed E-state index contributed by atoms with van der Waals surface area (Å²) in [4.78, 5) is 40.5. The average molecular weight is 466 g/mol. The lowest BCUT2D eigenvalue weighted by molar-refractivity contribution is 0.0824. The van der Waals surface area contributed by atoms with Crippen molar-refractivity contribution in [1.82, 2.24) is 14.7 Å². The van der Waals surface area contributed by atoms with E-state index in [0.717, 1.165) is 4.68 Å². The fourth-order valence-corrected chi connectivity index (χ4v) is 3.18. The SMILES string of the molecule is CC(Nc1c(Nc2cccc(C(=O)N(C)C)c2O)c(=O)n(-c2ccccc2)[nH]c1=O)C(C)(C)C. The zero-order valence-corrected chi connectivity index (χ0v) is 20.3. The van der Waals surface area contributed by atoms with Gasteiger partial charge in [-0.25, -0.2) is 4.68 Å². The molecular weight excluding hydrogens is 434 g/mol. The number of para-hydroxylation sites is 2. The number of carbonyl (C=O) groups excluding carboxylic acids is 1. The molecule has 0 aliphatic carbocycles. The van der Waals surface area contributed by atoms with Crippen LogP contribution in [-0.2, 0) is 0 Å². The highest BCUT2D eigenvalue weighted by Gasteiger charge is 2.25. The van der Waals surface area contributed by atoms with E-state index in [1.807, 2.05) is 27.7 Å². The molecule has 0 bridgehead atoms. The number of nitrogens with zero attached hydrogens (tertiary/aromatic N) is 2. The topological polar surface area (TPSA) is 119 Å². The van der Waals surface area contributed by atoms with Crippen molar-refractivity contribution < 1.29 is 9.90 Å². The molecule has 1 aromatic heterocycles. The van der Waals surface area contributed by atoms with Crippen LogP contribution in [0.2, 0.25) is 0 Å². The molecule has 3 rings (SSSR count). The molecule has 4 N–H and O–H groups in total. The number of carbonyl (C=O) groups is 1. The average Bonchev–Trinajstić information content (AvgIpc) is 2.78. The standard InChI is InChI=1S/C25H31N5O4/c1-15(25(2,3)4)26-19-20(24(34)30(28-22(19)32)16-11-8-7-9-12-16)27-18-14-10-13-17(21(18)31)23(33)29(5)6/h7-15,26-27,31H,1-6H3,(H,28,32). The zero-order valence-electron chi connectivity index (χ0n) is 20.3. The van der Waals surface area contributed by atoms with Crippen molar-refractivity contribution in [3.05, 3.63) is 74.8 Å². The maximum absolute atomic E-state index is 13.5. The number of rotatable bonds is 6. The Labute approximate surface area is 198 Å². The Morgan fingerprint density at radius 2 is 1.68 bits per heavy atom. The number of aromatic nitrogens is 2. The molecule has 1 heterocycles. The van der Waals surface area contributed by atoms with Crippen LogP contribution in [0.4, 0.5) is 17.1 Å². The second-order valence-electron chi connectivity index (χ2n) is 9.43. The highest BCUT2D eigenvalue weighted by molar-refractivity contribution is 5.98. The minimum Gasteiger partial charge on any atom is -0.505 e. The maximum atomic E-state index is 13.5. The first-order valence-corrected chi connectivity index (χ1v) is 10.9. The van der Waals surface area contributed by atoms with E-state index in [1.54, 1.807) is 50.5 Å². The number of amides is 1. The Morgan fingerprint density at radius 3 is 2.26 bits per heavy atom. The van der Waals surface area contributed by atoms with Gasteiger partial charge in [-0.2, -0.15) is 0 Å². The lowest BCUT2D eigenvalue weighted by Gasteiger charge is -2.29. The molecule has 0 spiro atoms. The number of nitrogens with one attached hydrogen (secondary N) is 3. The number of H-pyrrole nitrogens is 1. The van der Waals surface area contributed by atoms with Crippen LogP contribution in [0.5, 0.6) is 5.75 Å². The van der Waals surface area contributed by atoms with Gasteiger partial charge in [0.05, 0.1) is 16.9 Å². The van der Waals surface area contributed by atoms with E-state index < -0.39 is 17.0 Å². The van der Waals surface area contributed by atoms with Gasteiger partial charge in [0.2, 0.25) is 0 Å². The van der Waals surface area contributed by atoms with Gasteiger partial charge in [0.15, 0.2) is 5.75 Å². The molecule has 2 aromatic carbocycles. The molecule has 9 nitrogen and oxygen atoms in total. The third kappa shape index (κ3) is 4.98. The van der Waals surface area contributed by atoms with Crippen molar-refractivity contribution in [2.75, 3.05) is 24.7 Å². The van der Waals surface area contributed by atoms with E-state index in [2.05, 4.69) is 15.7 Å². The Bertz CT molecular complexity index is 1300. The van der Waals surface area contributed by atoms with Gasteiger partial charge in [0.1, 0.15) is 11.4 Å². The van der Waals surface area contributed by atoms with Gasteiger partial charge < -0.3 is 20.6 Å². The molecule has 0 saturated carbocycles. The summed E-state index contributed by atoms with van der Waals surface area (Å²) in [5.41, 5.74) is -0.582. The van der Waals surface area contributed by atoms with Crippen molar-refractivity contribution in [1.29, 1.82) is 0 Å². The molecular formula is C25H31N5O4. The van der Waals surface area contributed by atoms with Crippen molar-refractivity contribution in [3.63, 3.8) is 0 Å². The predicted octanol–water partition coefficient (Wildman–Crippen LogP) is 3.52. The van der Waals surface area contributed by atoms with Crippen LogP contribution in [0, 0.1) is 5.41 Å². The summed E-state index contributed by atoms with van der Waals surface area (Å²) in [6, 6.07) is 13.1. The second kappa shape index (κ2) is 9.46. The molecule has 3 aromatic rings. The molecule has 1 atom stereocenters. The molecule has 9 heteroatoms. The van der Waals surface area contributed by atoms with Gasteiger partial charge in [-0.15, -0.1) is 0 Å². The molecule has 0 saturated heterocycles. The second-order valence-corrected chi connectivity index (χ2v) is 9.43. The van der Waals surface area contributed by atoms with E-state index >= 15 is 0 Å². The van der Waals surface area contributed by atoms with Crippen LogP contribution in [-0.4, -0.2) is 45.8 Å². The molecule has 0 aliphatic rings. The quantitative estimate of drug-likeness (QED) is 0.414. The molecule has 180 valence electrons. The van der Waals surface area contributed by atoms with Gasteiger partial charge in [0.25, 0.3) is 17.0 Å². The number of benzene rings is 2. The first-order chi connectivity index (χ1) is 15.9. The molecule has 0 radical (unpaired) electrons. The molecule has 1 unspecified atom stereocenters. The molecule has 0 fully saturated rings. The summed E-state index contributed by atoms with van der Waals surface area (Å²) in [5, 5.41) is 19.5. The lowest BCUT2D eigenvalue weighted by atomic mass is 9.88. The highest BCUT2D eigenvalue weighted by Crippen LogP contribution is 2.32. The minimum atomic E-state index is -0.529. The van der Waals surface area contributed by atoms with Crippen molar-refractivity contribution in [2.24, 2.45) is 5.41 Å². The number of anilines is 3. The Kier molecular flexibility index (Phi) is 6.85. The lowest BCUT2D eigenvalue weighted by Crippen LogP contribution is -2.37. The van der Waals surface area contributed by atoms with Crippen molar-refractivity contribution >= 4 is 23.0 Å². The smallest absolute Gasteiger partial charge is 0.295 e. The van der Waals surface area contributed by atoms with Crippen LogP contribution >= 0.6 is 0 Å². The Morgan fingerprint density at radius 1 is 1.03 bits per heavy atom. The third-order valence-corrected chi connectivity index (χ3v) is 5.71. The number of aromatic hydroxyl groups is 1. The van der Waals surface area contributed by atoms with Gasteiger partial charge in [0, 0.05) is 20.1 Å². The van der Waals surface area contributed by atoms with E-state index in [1.165, 1.54) is 17.0 Å². The van der Waals surface area contributed by atoms with Gasteiger partial charge in [-0.1, -0.05) is 45.0 Å². The summed E-state index contributed by atoms with van der Waals surface area (Å²) in [6.45, 7) is 7.96. The number of aromatic amines is 1. The Hall–Kier alpha value is -4.01. The van der Waals surface area contributed by atoms with Gasteiger partial charge in [-0.3, -0.25) is 19.5 Å². The number of hydrogen-bond donors (Lipinski definition) is 4. The van der Waals surface area contributed by atoms with Crippen LogP contribution in [0.3, 0.4) is 0 Å². The number of hydrogen-bond acceptors (Lipinski definition) is 6. The van der Waals surface area contributed by atoms with E-state index in [4.69, 9.17) is 0 Å². The zero-order chi connectivity index (χ0) is 25.2. The summed E-state index contributed by atoms with van der Waals surface area (Å²) in [7, 11) is 3.15. The van der Waals surface area contributed by atoms with E-state index in [9.17, 15) is 19.5 Å². The highest BCUT2D eigenvalue weighted by atomic mass is 16.3. The third-order valence-electron chi connectivity index (χ3n) is 5.71. The normalized spacial score (nSPS) is 12.2. The monoisotopic (exact) mass is 465 g/mol. The number of phenols is 1. The maximum Gasteiger partial charge on any atom is 0.295 e. The first-order valence-electron chi connectivity index (χ1n) is 10.9. The molecule has 34 heavy (non-hydrogen) atoms. The summed E-state index contributed by atoms with van der Waals surface area (Å²) < 4.78 is 1.14. The predicted molar refractivity (Wildman–Crippen MR) is 135 cm³/mol. The van der Waals surface area contributed by atoms with Crippen LogP contribution in [0.1, 0.15) is 38.1 Å². The van der Waals surface area contributed by atoms with Crippen molar-refractivity contribution in [2.45, 2.75) is 33.7 Å².